The molecule has 0 saturated carbocycles. The van der Waals surface area contributed by atoms with Crippen LogP contribution in [-0.4, -0.2) is 29.3 Å². The fraction of sp³-hybridized carbons (Fsp3) is 0.200. The van der Waals surface area contributed by atoms with E-state index >= 15 is 0 Å². The van der Waals surface area contributed by atoms with Crippen LogP contribution in [0.15, 0.2) is 47.8 Å². The normalized spacial score (nSPS) is 10.5. The average molecular weight is 369 g/mol. The highest BCUT2D eigenvalue weighted by molar-refractivity contribution is 7.13. The summed E-state index contributed by atoms with van der Waals surface area (Å²) in [6, 6.07) is 13.5. The highest BCUT2D eigenvalue weighted by atomic mass is 32.1. The molecule has 0 amide bonds. The Morgan fingerprint density at radius 1 is 1.08 bits per heavy atom. The number of aromatic carboxylic acids is 1. The summed E-state index contributed by atoms with van der Waals surface area (Å²) in [5.41, 5.74) is 3.19. The number of ether oxygens (including phenoxy) is 2. The number of carbonyl (C=O) groups is 1. The lowest BCUT2D eigenvalue weighted by Gasteiger charge is -2.11. The number of carboxylic acids is 1. The van der Waals surface area contributed by atoms with Crippen molar-refractivity contribution in [1.29, 1.82) is 0 Å². The van der Waals surface area contributed by atoms with Crippen molar-refractivity contribution in [2.24, 2.45) is 0 Å². The van der Waals surface area contributed by atoms with Crippen molar-refractivity contribution in [2.45, 2.75) is 13.8 Å². The first-order valence-corrected chi connectivity index (χ1v) is 9.03. The van der Waals surface area contributed by atoms with Crippen molar-refractivity contribution in [3.63, 3.8) is 0 Å². The molecule has 0 aliphatic carbocycles. The highest BCUT2D eigenvalue weighted by Gasteiger charge is 2.10. The Kier molecular flexibility index (Phi) is 5.53. The number of benzene rings is 2. The van der Waals surface area contributed by atoms with Gasteiger partial charge in [0.25, 0.3) is 0 Å². The number of hydrogen-bond acceptors (Lipinski definition) is 5. The van der Waals surface area contributed by atoms with Gasteiger partial charge < -0.3 is 14.6 Å². The van der Waals surface area contributed by atoms with Gasteiger partial charge in [-0.25, -0.2) is 9.78 Å². The van der Waals surface area contributed by atoms with E-state index < -0.39 is 5.97 Å². The van der Waals surface area contributed by atoms with Gasteiger partial charge in [0.15, 0.2) is 5.69 Å². The number of hydrogen-bond donors (Lipinski definition) is 1. The van der Waals surface area contributed by atoms with Crippen LogP contribution < -0.4 is 9.47 Å². The zero-order valence-corrected chi connectivity index (χ0v) is 15.4. The van der Waals surface area contributed by atoms with Gasteiger partial charge in [0.2, 0.25) is 0 Å². The van der Waals surface area contributed by atoms with Gasteiger partial charge in [0.05, 0.1) is 0 Å². The molecule has 3 aromatic rings. The zero-order valence-electron chi connectivity index (χ0n) is 14.6. The number of nitrogens with zero attached hydrogens (tertiary/aromatic N) is 1. The van der Waals surface area contributed by atoms with Crippen LogP contribution in [0.3, 0.4) is 0 Å². The first-order valence-electron chi connectivity index (χ1n) is 8.15. The number of aryl methyl sites for hydroxylation is 2. The molecule has 134 valence electrons. The highest BCUT2D eigenvalue weighted by Crippen LogP contribution is 2.26. The van der Waals surface area contributed by atoms with Crippen molar-refractivity contribution in [3.05, 3.63) is 64.7 Å². The maximum absolute atomic E-state index is 10.9. The quantitative estimate of drug-likeness (QED) is 0.617. The molecule has 3 rings (SSSR count). The van der Waals surface area contributed by atoms with E-state index in [-0.39, 0.29) is 5.69 Å². The van der Waals surface area contributed by atoms with E-state index in [0.29, 0.717) is 18.2 Å². The molecule has 1 aromatic heterocycles. The molecule has 26 heavy (non-hydrogen) atoms. The molecule has 0 atom stereocenters. The van der Waals surface area contributed by atoms with E-state index in [1.54, 1.807) is 0 Å². The zero-order chi connectivity index (χ0) is 18.5. The third kappa shape index (κ3) is 4.40. The predicted octanol–water partition coefficient (Wildman–Crippen LogP) is 4.58. The fourth-order valence-electron chi connectivity index (χ4n) is 2.37. The van der Waals surface area contributed by atoms with Crippen molar-refractivity contribution in [3.8, 4) is 22.1 Å². The van der Waals surface area contributed by atoms with Crippen LogP contribution in [0.25, 0.3) is 10.6 Å². The smallest absolute Gasteiger partial charge is 0.355 e. The number of aromatic nitrogens is 1. The van der Waals surface area contributed by atoms with Crippen LogP contribution in [0, 0.1) is 13.8 Å². The SMILES string of the molecule is Cc1ccc(C)c(OCCOc2ccc(-c3nc(C(=O)O)cs3)cc2)c1. The van der Waals surface area contributed by atoms with Crippen LogP contribution in [0.4, 0.5) is 0 Å². The summed E-state index contributed by atoms with van der Waals surface area (Å²) >= 11 is 1.31. The number of thiazole rings is 1. The molecule has 0 fully saturated rings. The molecule has 5 nitrogen and oxygen atoms in total. The summed E-state index contributed by atoms with van der Waals surface area (Å²) in [5, 5.41) is 11.1. The average Bonchev–Trinajstić information content (AvgIpc) is 3.12. The van der Waals surface area contributed by atoms with Gasteiger partial charge >= 0.3 is 5.97 Å². The van der Waals surface area contributed by atoms with E-state index in [9.17, 15) is 4.79 Å². The molecule has 0 bridgehead atoms. The van der Waals surface area contributed by atoms with Crippen molar-refractivity contribution in [1.82, 2.24) is 4.98 Å². The topological polar surface area (TPSA) is 68.7 Å². The summed E-state index contributed by atoms with van der Waals surface area (Å²) in [4.78, 5) is 15.0. The van der Waals surface area contributed by atoms with Gasteiger partial charge in [-0.3, -0.25) is 0 Å². The lowest BCUT2D eigenvalue weighted by atomic mass is 10.1. The van der Waals surface area contributed by atoms with Crippen LogP contribution in [-0.2, 0) is 0 Å². The number of carboxylic acid groups (broad SMARTS) is 1. The fourth-order valence-corrected chi connectivity index (χ4v) is 3.17. The summed E-state index contributed by atoms with van der Waals surface area (Å²) in [6.45, 7) is 4.95. The Balaban J connectivity index is 1.53. The largest absolute Gasteiger partial charge is 0.490 e. The van der Waals surface area contributed by atoms with Gasteiger partial charge in [0, 0.05) is 10.9 Å². The monoisotopic (exact) mass is 369 g/mol. The minimum absolute atomic E-state index is 0.0638. The van der Waals surface area contributed by atoms with Gasteiger partial charge in [-0.15, -0.1) is 11.3 Å². The standard InChI is InChI=1S/C20H19NO4S/c1-13-3-4-14(2)18(11-13)25-10-9-24-16-7-5-15(6-8-16)19-21-17(12-26-19)20(22)23/h3-8,11-12H,9-10H2,1-2H3,(H,22,23). The molecule has 0 saturated heterocycles. The molecule has 2 aromatic carbocycles. The Labute approximate surface area is 155 Å². The van der Waals surface area contributed by atoms with Gasteiger partial charge in [-0.1, -0.05) is 12.1 Å². The second-order valence-corrected chi connectivity index (χ2v) is 6.69. The van der Waals surface area contributed by atoms with Crippen LogP contribution in [0.5, 0.6) is 11.5 Å². The van der Waals surface area contributed by atoms with E-state index in [2.05, 4.69) is 11.1 Å². The molecule has 0 aliphatic rings. The van der Waals surface area contributed by atoms with Crippen LogP contribution in [0.2, 0.25) is 0 Å². The molecular weight excluding hydrogens is 350 g/mol. The molecule has 1 N–H and O–H groups in total. The third-order valence-electron chi connectivity index (χ3n) is 3.78. The van der Waals surface area contributed by atoms with Crippen molar-refractivity contribution in [2.75, 3.05) is 13.2 Å². The maximum atomic E-state index is 10.9. The Bertz CT molecular complexity index is 902. The molecule has 6 heteroatoms. The number of rotatable bonds is 7. The molecule has 0 unspecified atom stereocenters. The maximum Gasteiger partial charge on any atom is 0.355 e. The van der Waals surface area contributed by atoms with Crippen LogP contribution in [0.1, 0.15) is 21.6 Å². The summed E-state index contributed by atoms with van der Waals surface area (Å²) < 4.78 is 11.5. The molecule has 0 radical (unpaired) electrons. The summed E-state index contributed by atoms with van der Waals surface area (Å²) in [7, 11) is 0. The van der Waals surface area contributed by atoms with Gasteiger partial charge in [-0.05, 0) is 55.3 Å². The van der Waals surface area contributed by atoms with Crippen molar-refractivity contribution >= 4 is 17.3 Å². The van der Waals surface area contributed by atoms with E-state index in [4.69, 9.17) is 14.6 Å². The molecule has 0 spiro atoms. The molecular formula is C20H19NO4S. The predicted molar refractivity (Wildman–Crippen MR) is 101 cm³/mol. The first kappa shape index (κ1) is 17.9. The minimum atomic E-state index is -1.02. The summed E-state index contributed by atoms with van der Waals surface area (Å²) in [5.74, 6) is 0.589. The van der Waals surface area contributed by atoms with E-state index in [0.717, 1.165) is 28.2 Å². The Hall–Kier alpha value is -2.86. The lowest BCUT2D eigenvalue weighted by molar-refractivity contribution is 0.0691. The minimum Gasteiger partial charge on any atom is -0.490 e. The van der Waals surface area contributed by atoms with Crippen molar-refractivity contribution < 1.29 is 19.4 Å². The summed E-state index contributed by atoms with van der Waals surface area (Å²) in [6.07, 6.45) is 0. The molecule has 1 heterocycles. The second kappa shape index (κ2) is 8.01. The molecule has 0 aliphatic heterocycles. The van der Waals surface area contributed by atoms with Crippen LogP contribution >= 0.6 is 11.3 Å². The van der Waals surface area contributed by atoms with Gasteiger partial charge in [-0.2, -0.15) is 0 Å². The second-order valence-electron chi connectivity index (χ2n) is 5.83. The van der Waals surface area contributed by atoms with E-state index in [1.165, 1.54) is 16.7 Å². The van der Waals surface area contributed by atoms with E-state index in [1.807, 2.05) is 50.2 Å². The first-order chi connectivity index (χ1) is 12.5. The Morgan fingerprint density at radius 3 is 2.50 bits per heavy atom. The third-order valence-corrected chi connectivity index (χ3v) is 4.67. The lowest BCUT2D eigenvalue weighted by Crippen LogP contribution is -2.09. The Morgan fingerprint density at radius 2 is 1.81 bits per heavy atom. The van der Waals surface area contributed by atoms with Gasteiger partial charge in [0.1, 0.15) is 29.7 Å².